The average Bonchev–Trinajstić information content (AvgIpc) is 2.08. The number of halogens is 2. The Morgan fingerprint density at radius 3 is 2.50 bits per heavy atom. The predicted octanol–water partition coefficient (Wildman–Crippen LogP) is 2.19. The lowest BCUT2D eigenvalue weighted by molar-refractivity contribution is -0.109. The number of benzene rings is 1. The van der Waals surface area contributed by atoms with E-state index in [1.54, 1.807) is 18.2 Å². The molecule has 1 atom stereocenters. The number of hydrogen-bond acceptors (Lipinski definition) is 2. The minimum absolute atomic E-state index is 0.409. The van der Waals surface area contributed by atoms with E-state index in [-0.39, 0.29) is 0 Å². The summed E-state index contributed by atoms with van der Waals surface area (Å²) in [6, 6.07) is 4.25. The van der Waals surface area contributed by atoms with E-state index in [0.29, 0.717) is 21.9 Å². The zero-order valence-corrected chi connectivity index (χ0v) is 7.64. The molecule has 0 bridgehead atoms. The fourth-order valence-corrected chi connectivity index (χ4v) is 1.10. The second-order valence-corrected chi connectivity index (χ2v) is 3.15. The number of carbonyl (C=O) groups excluding carboxylic acids is 1. The maximum atomic E-state index is 10.3. The molecule has 1 unspecified atom stereocenters. The lowest BCUT2D eigenvalue weighted by Crippen LogP contribution is -2.10. The molecule has 1 rings (SSSR count). The first-order valence-electron chi connectivity index (χ1n) is 3.31. The van der Waals surface area contributed by atoms with Crippen LogP contribution < -0.4 is 5.73 Å². The first kappa shape index (κ1) is 9.52. The van der Waals surface area contributed by atoms with Gasteiger partial charge < -0.3 is 10.5 Å². The third-order valence-corrected chi connectivity index (χ3v) is 2.21. The summed E-state index contributed by atoms with van der Waals surface area (Å²) >= 11 is 11.4. The molecule has 0 saturated carbocycles. The lowest BCUT2D eigenvalue weighted by atomic mass is 10.1. The maximum Gasteiger partial charge on any atom is 0.141 e. The van der Waals surface area contributed by atoms with Gasteiger partial charge in [0.15, 0.2) is 0 Å². The van der Waals surface area contributed by atoms with Gasteiger partial charge in [-0.2, -0.15) is 0 Å². The van der Waals surface area contributed by atoms with Crippen molar-refractivity contribution in [2.75, 3.05) is 0 Å². The molecule has 0 heterocycles. The van der Waals surface area contributed by atoms with Crippen molar-refractivity contribution in [3.63, 3.8) is 0 Å². The van der Waals surface area contributed by atoms with Crippen molar-refractivity contribution in [1.82, 2.24) is 0 Å². The van der Waals surface area contributed by atoms with Gasteiger partial charge in [-0.3, -0.25) is 0 Å². The van der Waals surface area contributed by atoms with Crippen LogP contribution in [0.25, 0.3) is 0 Å². The van der Waals surface area contributed by atoms with Gasteiger partial charge in [0.1, 0.15) is 6.29 Å². The van der Waals surface area contributed by atoms with Gasteiger partial charge in [0, 0.05) is 0 Å². The van der Waals surface area contributed by atoms with Gasteiger partial charge in [0.2, 0.25) is 0 Å². The Morgan fingerprint density at radius 1 is 1.33 bits per heavy atom. The molecule has 12 heavy (non-hydrogen) atoms. The van der Waals surface area contributed by atoms with Crippen LogP contribution in [-0.4, -0.2) is 6.29 Å². The van der Waals surface area contributed by atoms with Crippen LogP contribution in [0.15, 0.2) is 18.2 Å². The lowest BCUT2D eigenvalue weighted by Gasteiger charge is -2.04. The molecule has 2 nitrogen and oxygen atoms in total. The van der Waals surface area contributed by atoms with E-state index in [9.17, 15) is 4.79 Å². The molecule has 0 saturated heterocycles. The number of nitrogens with two attached hydrogens (primary N) is 1. The zero-order valence-electron chi connectivity index (χ0n) is 6.13. The summed E-state index contributed by atoms with van der Waals surface area (Å²) in [5.74, 6) is 0. The smallest absolute Gasteiger partial charge is 0.141 e. The summed E-state index contributed by atoms with van der Waals surface area (Å²) in [4.78, 5) is 10.3. The molecule has 4 heteroatoms. The summed E-state index contributed by atoms with van der Waals surface area (Å²) in [6.07, 6.45) is 0.652. The Labute approximate surface area is 80.3 Å². The van der Waals surface area contributed by atoms with Crippen LogP contribution in [0.3, 0.4) is 0 Å². The topological polar surface area (TPSA) is 43.1 Å². The quantitative estimate of drug-likeness (QED) is 0.750. The third kappa shape index (κ3) is 1.97. The van der Waals surface area contributed by atoms with Crippen LogP contribution in [0, 0.1) is 0 Å². The van der Waals surface area contributed by atoms with Crippen LogP contribution in [-0.2, 0) is 4.79 Å². The normalized spacial score (nSPS) is 12.6. The van der Waals surface area contributed by atoms with E-state index in [0.717, 1.165) is 0 Å². The summed E-state index contributed by atoms with van der Waals surface area (Å²) in [7, 11) is 0. The molecule has 0 amide bonds. The maximum absolute atomic E-state index is 10.3. The largest absolute Gasteiger partial charge is 0.318 e. The van der Waals surface area contributed by atoms with Gasteiger partial charge in [0.25, 0.3) is 0 Å². The van der Waals surface area contributed by atoms with Crippen molar-refractivity contribution in [2.24, 2.45) is 5.73 Å². The number of hydrogen-bond donors (Lipinski definition) is 1. The highest BCUT2D eigenvalue weighted by molar-refractivity contribution is 6.42. The first-order chi connectivity index (χ1) is 5.65. The molecule has 64 valence electrons. The number of aldehydes is 1. The molecule has 0 aliphatic heterocycles. The van der Waals surface area contributed by atoms with Crippen LogP contribution in [0.4, 0.5) is 0 Å². The SMILES string of the molecule is NC(C=O)c1ccc(Cl)c(Cl)c1. The van der Waals surface area contributed by atoms with Crippen molar-refractivity contribution in [1.29, 1.82) is 0 Å². The molecular formula is C8H7Cl2NO. The third-order valence-electron chi connectivity index (χ3n) is 1.48. The molecular weight excluding hydrogens is 197 g/mol. The van der Waals surface area contributed by atoms with Crippen LogP contribution in [0.1, 0.15) is 11.6 Å². The van der Waals surface area contributed by atoms with Crippen molar-refractivity contribution in [3.05, 3.63) is 33.8 Å². The summed E-state index contributed by atoms with van der Waals surface area (Å²) < 4.78 is 0. The highest BCUT2D eigenvalue weighted by Gasteiger charge is 2.05. The van der Waals surface area contributed by atoms with Gasteiger partial charge in [-0.15, -0.1) is 0 Å². The van der Waals surface area contributed by atoms with E-state index in [1.807, 2.05) is 0 Å². The van der Waals surface area contributed by atoms with Gasteiger partial charge in [-0.05, 0) is 17.7 Å². The molecule has 2 N–H and O–H groups in total. The average molecular weight is 204 g/mol. The minimum Gasteiger partial charge on any atom is -0.318 e. The van der Waals surface area contributed by atoms with E-state index >= 15 is 0 Å². The van der Waals surface area contributed by atoms with E-state index in [2.05, 4.69) is 0 Å². The highest BCUT2D eigenvalue weighted by Crippen LogP contribution is 2.24. The Balaban J connectivity index is 3.04. The van der Waals surface area contributed by atoms with E-state index in [4.69, 9.17) is 28.9 Å². The van der Waals surface area contributed by atoms with Crippen molar-refractivity contribution in [3.8, 4) is 0 Å². The second kappa shape index (κ2) is 3.90. The Morgan fingerprint density at radius 2 is 2.00 bits per heavy atom. The van der Waals surface area contributed by atoms with E-state index < -0.39 is 6.04 Å². The Bertz CT molecular complexity index is 301. The first-order valence-corrected chi connectivity index (χ1v) is 4.06. The van der Waals surface area contributed by atoms with Gasteiger partial charge in [-0.25, -0.2) is 0 Å². The monoisotopic (exact) mass is 203 g/mol. The fourth-order valence-electron chi connectivity index (χ4n) is 0.798. The zero-order chi connectivity index (χ0) is 9.14. The number of carbonyl (C=O) groups is 1. The summed E-state index contributed by atoms with van der Waals surface area (Å²) in [5, 5.41) is 0.866. The Kier molecular flexibility index (Phi) is 3.09. The molecule has 0 aliphatic rings. The molecule has 0 aliphatic carbocycles. The fraction of sp³-hybridized carbons (Fsp3) is 0.125. The van der Waals surface area contributed by atoms with Crippen molar-refractivity contribution >= 4 is 29.5 Å². The summed E-state index contributed by atoms with van der Waals surface area (Å²) in [5.41, 5.74) is 6.11. The summed E-state index contributed by atoms with van der Waals surface area (Å²) in [6.45, 7) is 0. The van der Waals surface area contributed by atoms with E-state index in [1.165, 1.54) is 0 Å². The predicted molar refractivity (Wildman–Crippen MR) is 49.5 cm³/mol. The molecule has 0 fully saturated rings. The van der Waals surface area contributed by atoms with Crippen LogP contribution in [0.5, 0.6) is 0 Å². The Hall–Kier alpha value is -0.570. The minimum atomic E-state index is -0.625. The molecule has 1 aromatic rings. The van der Waals surface area contributed by atoms with Gasteiger partial charge in [0.05, 0.1) is 16.1 Å². The molecule has 0 radical (unpaired) electrons. The molecule has 0 spiro atoms. The number of rotatable bonds is 2. The van der Waals surface area contributed by atoms with Crippen LogP contribution in [0.2, 0.25) is 10.0 Å². The highest BCUT2D eigenvalue weighted by atomic mass is 35.5. The van der Waals surface area contributed by atoms with Crippen molar-refractivity contribution < 1.29 is 4.79 Å². The standard InChI is InChI=1S/C8H7Cl2NO/c9-6-2-1-5(3-7(6)10)8(11)4-12/h1-4,8H,11H2. The molecule has 0 aromatic heterocycles. The van der Waals surface area contributed by atoms with Crippen LogP contribution >= 0.6 is 23.2 Å². The van der Waals surface area contributed by atoms with Crippen molar-refractivity contribution in [2.45, 2.75) is 6.04 Å². The molecule has 1 aromatic carbocycles. The second-order valence-electron chi connectivity index (χ2n) is 2.34. The van der Waals surface area contributed by atoms with Gasteiger partial charge in [-0.1, -0.05) is 29.3 Å². The van der Waals surface area contributed by atoms with Gasteiger partial charge >= 0.3 is 0 Å².